The lowest BCUT2D eigenvalue weighted by atomic mass is 10.0. The molecule has 1 aromatic heterocycles. The summed E-state index contributed by atoms with van der Waals surface area (Å²) in [6.07, 6.45) is 4.36. The molecule has 1 heterocycles. The van der Waals surface area contributed by atoms with E-state index >= 15 is 0 Å². The Morgan fingerprint density at radius 1 is 1.21 bits per heavy atom. The number of rotatable bonds is 6. The second kappa shape index (κ2) is 6.53. The third-order valence-corrected chi connectivity index (χ3v) is 3.54. The summed E-state index contributed by atoms with van der Waals surface area (Å²) in [5.74, 6) is 0. The molecule has 0 saturated heterocycles. The lowest BCUT2D eigenvalue weighted by Gasteiger charge is -2.07. The number of benzene rings is 1. The van der Waals surface area contributed by atoms with Crippen LogP contribution in [0.25, 0.3) is 11.3 Å². The fourth-order valence-electron chi connectivity index (χ4n) is 2.12. The Bertz CT molecular complexity index is 529. The third-order valence-electron chi connectivity index (χ3n) is 3.54. The van der Waals surface area contributed by atoms with Crippen molar-refractivity contribution in [3.63, 3.8) is 0 Å². The van der Waals surface area contributed by atoms with Crippen LogP contribution in [-0.2, 0) is 6.54 Å². The highest BCUT2D eigenvalue weighted by Gasteiger charge is 2.08. The van der Waals surface area contributed by atoms with E-state index in [1.807, 2.05) is 6.20 Å². The van der Waals surface area contributed by atoms with Crippen LogP contribution in [-0.4, -0.2) is 16.7 Å². The van der Waals surface area contributed by atoms with Crippen molar-refractivity contribution in [2.24, 2.45) is 0 Å². The standard InChI is InChI=1S/C16H23N3/c1-4-5-8-17-10-15-11-18-19-16(15)14-7-6-12(2)13(3)9-14/h6-7,9,11,17H,4-5,8,10H2,1-3H3,(H,18,19). The Morgan fingerprint density at radius 3 is 2.79 bits per heavy atom. The summed E-state index contributed by atoms with van der Waals surface area (Å²) >= 11 is 0. The summed E-state index contributed by atoms with van der Waals surface area (Å²) in [6, 6.07) is 6.55. The fourth-order valence-corrected chi connectivity index (χ4v) is 2.12. The van der Waals surface area contributed by atoms with E-state index in [-0.39, 0.29) is 0 Å². The van der Waals surface area contributed by atoms with Gasteiger partial charge in [-0.1, -0.05) is 25.5 Å². The number of nitrogens with zero attached hydrogens (tertiary/aromatic N) is 1. The smallest absolute Gasteiger partial charge is 0.0695 e. The summed E-state index contributed by atoms with van der Waals surface area (Å²) in [5, 5.41) is 10.8. The van der Waals surface area contributed by atoms with Crippen molar-refractivity contribution in [3.8, 4) is 11.3 Å². The average molecular weight is 257 g/mol. The molecule has 0 aliphatic carbocycles. The highest BCUT2D eigenvalue weighted by Crippen LogP contribution is 2.23. The summed E-state index contributed by atoms with van der Waals surface area (Å²) in [4.78, 5) is 0. The van der Waals surface area contributed by atoms with Gasteiger partial charge in [0.25, 0.3) is 0 Å². The molecule has 0 saturated carbocycles. The second-order valence-electron chi connectivity index (χ2n) is 5.10. The molecular weight excluding hydrogens is 234 g/mol. The van der Waals surface area contributed by atoms with Gasteiger partial charge in [-0.25, -0.2) is 0 Å². The lowest BCUT2D eigenvalue weighted by molar-refractivity contribution is 0.642. The zero-order valence-corrected chi connectivity index (χ0v) is 12.1. The summed E-state index contributed by atoms with van der Waals surface area (Å²) in [5.41, 5.74) is 6.22. The van der Waals surface area contributed by atoms with Crippen molar-refractivity contribution >= 4 is 0 Å². The molecule has 2 aromatic rings. The highest BCUT2D eigenvalue weighted by molar-refractivity contribution is 5.64. The van der Waals surface area contributed by atoms with Gasteiger partial charge in [0.1, 0.15) is 0 Å². The van der Waals surface area contributed by atoms with E-state index in [9.17, 15) is 0 Å². The first-order chi connectivity index (χ1) is 9.22. The van der Waals surface area contributed by atoms with Crippen molar-refractivity contribution in [3.05, 3.63) is 41.1 Å². The predicted molar refractivity (Wildman–Crippen MR) is 80.1 cm³/mol. The minimum atomic E-state index is 0.874. The molecule has 0 radical (unpaired) electrons. The van der Waals surface area contributed by atoms with E-state index in [4.69, 9.17) is 0 Å². The molecule has 0 bridgehead atoms. The predicted octanol–water partition coefficient (Wildman–Crippen LogP) is 3.58. The number of aryl methyl sites for hydroxylation is 2. The number of aromatic nitrogens is 2. The first-order valence-corrected chi connectivity index (χ1v) is 7.03. The normalized spacial score (nSPS) is 10.9. The quantitative estimate of drug-likeness (QED) is 0.776. The van der Waals surface area contributed by atoms with Gasteiger partial charge in [-0.2, -0.15) is 5.10 Å². The van der Waals surface area contributed by atoms with Crippen LogP contribution in [0.4, 0.5) is 0 Å². The van der Waals surface area contributed by atoms with Crippen LogP contribution in [0.2, 0.25) is 0 Å². The molecule has 3 heteroatoms. The molecule has 1 aromatic carbocycles. The van der Waals surface area contributed by atoms with Gasteiger partial charge in [0.05, 0.1) is 11.9 Å². The summed E-state index contributed by atoms with van der Waals surface area (Å²) in [7, 11) is 0. The van der Waals surface area contributed by atoms with E-state index in [0.717, 1.165) is 18.8 Å². The zero-order chi connectivity index (χ0) is 13.7. The van der Waals surface area contributed by atoms with Crippen LogP contribution in [0.3, 0.4) is 0 Å². The SMILES string of the molecule is CCCCNCc1cn[nH]c1-c1ccc(C)c(C)c1. The molecule has 19 heavy (non-hydrogen) atoms. The number of nitrogens with one attached hydrogen (secondary N) is 2. The molecular formula is C16H23N3. The first-order valence-electron chi connectivity index (χ1n) is 7.03. The van der Waals surface area contributed by atoms with Gasteiger partial charge in [0.15, 0.2) is 0 Å². The highest BCUT2D eigenvalue weighted by atomic mass is 15.1. The van der Waals surface area contributed by atoms with Gasteiger partial charge in [0.2, 0.25) is 0 Å². The monoisotopic (exact) mass is 257 g/mol. The Morgan fingerprint density at radius 2 is 2.05 bits per heavy atom. The maximum atomic E-state index is 4.18. The molecule has 0 fully saturated rings. The van der Waals surface area contributed by atoms with Crippen molar-refractivity contribution in [2.75, 3.05) is 6.54 Å². The van der Waals surface area contributed by atoms with E-state index in [1.54, 1.807) is 0 Å². The van der Waals surface area contributed by atoms with E-state index < -0.39 is 0 Å². The zero-order valence-electron chi connectivity index (χ0n) is 12.1. The molecule has 0 amide bonds. The van der Waals surface area contributed by atoms with Crippen LogP contribution in [0.5, 0.6) is 0 Å². The van der Waals surface area contributed by atoms with Gasteiger partial charge in [-0.05, 0) is 44.0 Å². The van der Waals surface area contributed by atoms with Gasteiger partial charge in [-0.3, -0.25) is 5.10 Å². The second-order valence-corrected chi connectivity index (χ2v) is 5.10. The Labute approximate surface area is 115 Å². The van der Waals surface area contributed by atoms with Crippen LogP contribution in [0, 0.1) is 13.8 Å². The Balaban J connectivity index is 2.12. The number of aromatic amines is 1. The lowest BCUT2D eigenvalue weighted by Crippen LogP contribution is -2.14. The van der Waals surface area contributed by atoms with Crippen LogP contribution >= 0.6 is 0 Å². The molecule has 0 spiro atoms. The largest absolute Gasteiger partial charge is 0.313 e. The molecule has 3 nitrogen and oxygen atoms in total. The molecule has 2 rings (SSSR count). The van der Waals surface area contributed by atoms with Crippen molar-refractivity contribution < 1.29 is 0 Å². The minimum Gasteiger partial charge on any atom is -0.313 e. The molecule has 2 N–H and O–H groups in total. The number of unbranched alkanes of at least 4 members (excludes halogenated alkanes) is 1. The fraction of sp³-hybridized carbons (Fsp3) is 0.438. The maximum Gasteiger partial charge on any atom is 0.0695 e. The van der Waals surface area contributed by atoms with E-state index in [2.05, 4.69) is 54.5 Å². The van der Waals surface area contributed by atoms with Gasteiger partial charge in [-0.15, -0.1) is 0 Å². The van der Waals surface area contributed by atoms with Gasteiger partial charge >= 0.3 is 0 Å². The molecule has 0 atom stereocenters. The van der Waals surface area contributed by atoms with Crippen molar-refractivity contribution in [1.82, 2.24) is 15.5 Å². The van der Waals surface area contributed by atoms with Crippen LogP contribution in [0.15, 0.2) is 24.4 Å². The topological polar surface area (TPSA) is 40.7 Å². The van der Waals surface area contributed by atoms with Crippen molar-refractivity contribution in [1.29, 1.82) is 0 Å². The average Bonchev–Trinajstić information content (AvgIpc) is 2.86. The third kappa shape index (κ3) is 3.44. The van der Waals surface area contributed by atoms with Crippen LogP contribution in [0.1, 0.15) is 36.5 Å². The Hall–Kier alpha value is -1.61. The van der Waals surface area contributed by atoms with Crippen LogP contribution < -0.4 is 5.32 Å². The number of H-pyrrole nitrogens is 1. The number of hydrogen-bond donors (Lipinski definition) is 2. The Kier molecular flexibility index (Phi) is 4.74. The molecule has 0 aliphatic heterocycles. The van der Waals surface area contributed by atoms with Gasteiger partial charge in [0, 0.05) is 17.7 Å². The number of hydrogen-bond acceptors (Lipinski definition) is 2. The van der Waals surface area contributed by atoms with E-state index in [1.165, 1.54) is 35.1 Å². The minimum absolute atomic E-state index is 0.874. The van der Waals surface area contributed by atoms with Gasteiger partial charge < -0.3 is 5.32 Å². The summed E-state index contributed by atoms with van der Waals surface area (Å²) < 4.78 is 0. The summed E-state index contributed by atoms with van der Waals surface area (Å²) in [6.45, 7) is 8.43. The van der Waals surface area contributed by atoms with Crippen molar-refractivity contribution in [2.45, 2.75) is 40.2 Å². The molecule has 102 valence electrons. The first kappa shape index (κ1) is 13.8. The molecule has 0 aliphatic rings. The maximum absolute atomic E-state index is 4.18. The van der Waals surface area contributed by atoms with E-state index in [0.29, 0.717) is 0 Å². The molecule has 0 unspecified atom stereocenters.